The van der Waals surface area contributed by atoms with Gasteiger partial charge in [-0.2, -0.15) is 0 Å². The summed E-state index contributed by atoms with van der Waals surface area (Å²) < 4.78 is 7.44. The molecule has 0 unspecified atom stereocenters. The Morgan fingerprint density at radius 2 is 1.84 bits per heavy atom. The van der Waals surface area contributed by atoms with Gasteiger partial charge in [0.05, 0.1) is 21.5 Å². The monoisotopic (exact) mass is 455 g/mol. The first-order chi connectivity index (χ1) is 15.0. The van der Waals surface area contributed by atoms with E-state index < -0.39 is 4.92 Å². The fraction of sp³-hybridized carbons (Fsp3) is 0.0952. The zero-order valence-corrected chi connectivity index (χ0v) is 17.5. The van der Waals surface area contributed by atoms with E-state index in [4.69, 9.17) is 27.9 Å². The molecule has 1 heterocycles. The highest BCUT2D eigenvalue weighted by Crippen LogP contribution is 2.33. The lowest BCUT2D eigenvalue weighted by Gasteiger charge is -2.13. The standard InChI is InChI=1S/C21H15Cl2N5O3/c22-18-8-4-7-17(20(18)23)21-24-25-26-27(21)12-15-11-16(28(29)30)9-10-19(15)31-13-14-5-2-1-3-6-14/h1-11H,12-13H2. The molecule has 1 aromatic heterocycles. The molecule has 0 amide bonds. The van der Waals surface area contributed by atoms with Crippen LogP contribution in [-0.4, -0.2) is 25.1 Å². The Hall–Kier alpha value is -3.49. The van der Waals surface area contributed by atoms with Crippen LogP contribution in [0.15, 0.2) is 66.7 Å². The molecule has 8 nitrogen and oxygen atoms in total. The van der Waals surface area contributed by atoms with Crippen molar-refractivity contribution in [3.63, 3.8) is 0 Å². The van der Waals surface area contributed by atoms with Crippen molar-refractivity contribution in [2.75, 3.05) is 0 Å². The third kappa shape index (κ3) is 4.65. The van der Waals surface area contributed by atoms with Gasteiger partial charge in [-0.05, 0) is 34.2 Å². The van der Waals surface area contributed by atoms with Gasteiger partial charge in [0.25, 0.3) is 5.69 Å². The first kappa shape index (κ1) is 20.8. The SMILES string of the molecule is O=[N+]([O-])c1ccc(OCc2ccccc2)c(Cn2nnnc2-c2cccc(Cl)c2Cl)c1. The molecule has 0 aliphatic rings. The highest BCUT2D eigenvalue weighted by atomic mass is 35.5. The second-order valence-electron chi connectivity index (χ2n) is 6.58. The summed E-state index contributed by atoms with van der Waals surface area (Å²) in [5.41, 5.74) is 2.02. The van der Waals surface area contributed by atoms with Gasteiger partial charge in [0.1, 0.15) is 12.4 Å². The van der Waals surface area contributed by atoms with E-state index in [-0.39, 0.29) is 12.2 Å². The number of rotatable bonds is 7. The molecular weight excluding hydrogens is 441 g/mol. The quantitative estimate of drug-likeness (QED) is 0.281. The summed E-state index contributed by atoms with van der Waals surface area (Å²) in [6.45, 7) is 0.450. The fourth-order valence-electron chi connectivity index (χ4n) is 3.02. The molecule has 0 N–H and O–H groups in total. The van der Waals surface area contributed by atoms with Crippen molar-refractivity contribution < 1.29 is 9.66 Å². The molecule has 0 spiro atoms. The molecule has 31 heavy (non-hydrogen) atoms. The van der Waals surface area contributed by atoms with Gasteiger partial charge in [-0.15, -0.1) is 5.10 Å². The molecule has 0 atom stereocenters. The molecular formula is C21H15Cl2N5O3. The summed E-state index contributed by atoms with van der Waals surface area (Å²) in [5, 5.41) is 23.8. The Labute approximate surface area is 187 Å². The van der Waals surface area contributed by atoms with Gasteiger partial charge in [-0.3, -0.25) is 10.1 Å². The van der Waals surface area contributed by atoms with Gasteiger partial charge in [0, 0.05) is 23.3 Å². The lowest BCUT2D eigenvalue weighted by atomic mass is 10.1. The van der Waals surface area contributed by atoms with E-state index in [9.17, 15) is 10.1 Å². The third-order valence-electron chi connectivity index (χ3n) is 4.54. The summed E-state index contributed by atoms with van der Waals surface area (Å²) in [6, 6.07) is 19.2. The number of halogens is 2. The van der Waals surface area contributed by atoms with Crippen molar-refractivity contribution in [1.82, 2.24) is 20.2 Å². The third-order valence-corrected chi connectivity index (χ3v) is 5.36. The molecule has 0 bridgehead atoms. The first-order valence-corrected chi connectivity index (χ1v) is 9.93. The predicted octanol–water partition coefficient (Wildman–Crippen LogP) is 5.18. The fourth-order valence-corrected chi connectivity index (χ4v) is 3.41. The molecule has 3 aromatic carbocycles. The van der Waals surface area contributed by atoms with E-state index in [0.717, 1.165) is 5.56 Å². The van der Waals surface area contributed by atoms with Gasteiger partial charge in [0.2, 0.25) is 0 Å². The predicted molar refractivity (Wildman–Crippen MR) is 116 cm³/mol. The van der Waals surface area contributed by atoms with Crippen LogP contribution in [0.2, 0.25) is 10.0 Å². The number of ether oxygens (including phenoxy) is 1. The Balaban J connectivity index is 1.68. The summed E-state index contributed by atoms with van der Waals surface area (Å²) in [7, 11) is 0. The number of nitro benzene ring substituents is 1. The van der Waals surface area contributed by atoms with Crippen LogP contribution in [0, 0.1) is 10.1 Å². The number of nitro groups is 1. The van der Waals surface area contributed by atoms with Gasteiger partial charge in [0.15, 0.2) is 5.82 Å². The zero-order valence-electron chi connectivity index (χ0n) is 16.0. The number of tetrazole rings is 1. The number of nitrogens with zero attached hydrogens (tertiary/aromatic N) is 5. The van der Waals surface area contributed by atoms with Crippen LogP contribution in [0.4, 0.5) is 5.69 Å². The minimum Gasteiger partial charge on any atom is -0.489 e. The van der Waals surface area contributed by atoms with E-state index in [0.29, 0.717) is 39.4 Å². The Morgan fingerprint density at radius 1 is 1.03 bits per heavy atom. The summed E-state index contributed by atoms with van der Waals surface area (Å²) >= 11 is 12.4. The molecule has 0 saturated carbocycles. The molecule has 0 aliphatic heterocycles. The van der Waals surface area contributed by atoms with E-state index in [2.05, 4.69) is 15.5 Å². The molecule has 4 rings (SSSR count). The molecule has 10 heteroatoms. The van der Waals surface area contributed by atoms with Crippen molar-refractivity contribution in [2.24, 2.45) is 0 Å². The van der Waals surface area contributed by atoms with Gasteiger partial charge in [-0.25, -0.2) is 4.68 Å². The minimum absolute atomic E-state index is 0.0579. The average molecular weight is 456 g/mol. The normalized spacial score (nSPS) is 10.8. The van der Waals surface area contributed by atoms with Crippen LogP contribution in [0.1, 0.15) is 11.1 Å². The van der Waals surface area contributed by atoms with E-state index in [1.807, 2.05) is 30.3 Å². The van der Waals surface area contributed by atoms with Crippen LogP contribution < -0.4 is 4.74 Å². The Morgan fingerprint density at radius 3 is 2.61 bits per heavy atom. The molecule has 4 aromatic rings. The maximum absolute atomic E-state index is 11.3. The van der Waals surface area contributed by atoms with Crippen molar-refractivity contribution in [2.45, 2.75) is 13.2 Å². The molecule has 0 fully saturated rings. The smallest absolute Gasteiger partial charge is 0.270 e. The van der Waals surface area contributed by atoms with Crippen molar-refractivity contribution in [3.05, 3.63) is 98.0 Å². The number of hydrogen-bond acceptors (Lipinski definition) is 6. The summed E-state index contributed by atoms with van der Waals surface area (Å²) in [5.74, 6) is 0.876. The number of hydrogen-bond donors (Lipinski definition) is 0. The van der Waals surface area contributed by atoms with E-state index in [1.165, 1.54) is 16.8 Å². The first-order valence-electron chi connectivity index (χ1n) is 9.17. The highest BCUT2D eigenvalue weighted by Gasteiger charge is 2.18. The minimum atomic E-state index is -0.460. The van der Waals surface area contributed by atoms with Crippen LogP contribution in [-0.2, 0) is 13.2 Å². The number of benzene rings is 3. The van der Waals surface area contributed by atoms with Gasteiger partial charge in [-0.1, -0.05) is 59.6 Å². The maximum atomic E-state index is 11.3. The molecule has 0 radical (unpaired) electrons. The number of non-ortho nitro benzene ring substituents is 1. The van der Waals surface area contributed by atoms with Crippen molar-refractivity contribution in [3.8, 4) is 17.1 Å². The topological polar surface area (TPSA) is 96.0 Å². The van der Waals surface area contributed by atoms with E-state index in [1.54, 1.807) is 24.3 Å². The highest BCUT2D eigenvalue weighted by molar-refractivity contribution is 6.43. The second-order valence-corrected chi connectivity index (χ2v) is 7.37. The van der Waals surface area contributed by atoms with Gasteiger partial charge >= 0.3 is 0 Å². The van der Waals surface area contributed by atoms with Crippen LogP contribution in [0.3, 0.4) is 0 Å². The van der Waals surface area contributed by atoms with Crippen LogP contribution >= 0.6 is 23.2 Å². The van der Waals surface area contributed by atoms with E-state index >= 15 is 0 Å². The van der Waals surface area contributed by atoms with Crippen LogP contribution in [0.5, 0.6) is 5.75 Å². The lowest BCUT2D eigenvalue weighted by Crippen LogP contribution is -2.08. The molecule has 156 valence electrons. The zero-order chi connectivity index (χ0) is 21.8. The molecule has 0 saturated heterocycles. The largest absolute Gasteiger partial charge is 0.489 e. The Kier molecular flexibility index (Phi) is 6.11. The number of aromatic nitrogens is 4. The van der Waals surface area contributed by atoms with Crippen molar-refractivity contribution in [1.29, 1.82) is 0 Å². The van der Waals surface area contributed by atoms with Crippen molar-refractivity contribution >= 4 is 28.9 Å². The maximum Gasteiger partial charge on any atom is 0.270 e. The second kappa shape index (κ2) is 9.11. The van der Waals surface area contributed by atoms with Crippen LogP contribution in [0.25, 0.3) is 11.4 Å². The summed E-state index contributed by atoms with van der Waals surface area (Å²) in [6.07, 6.45) is 0. The Bertz CT molecular complexity index is 1230. The average Bonchev–Trinajstić information content (AvgIpc) is 3.23. The molecule has 0 aliphatic carbocycles. The van der Waals surface area contributed by atoms with Gasteiger partial charge < -0.3 is 4.74 Å². The lowest BCUT2D eigenvalue weighted by molar-refractivity contribution is -0.384. The summed E-state index contributed by atoms with van der Waals surface area (Å²) in [4.78, 5) is 10.8.